The number of rotatable bonds is 2. The third-order valence-electron chi connectivity index (χ3n) is 2.14. The number of nitrogens with one attached hydrogen (secondary N) is 1. The Morgan fingerprint density at radius 1 is 1.18 bits per heavy atom. The first-order valence-electron chi connectivity index (χ1n) is 4.81. The predicted octanol–water partition coefficient (Wildman–Crippen LogP) is 2.09. The van der Waals surface area contributed by atoms with Gasteiger partial charge >= 0.3 is 0 Å². The molecular weight excluding hydrogens is 250 g/mol. The van der Waals surface area contributed by atoms with Crippen LogP contribution in [0.25, 0.3) is 0 Å². The highest BCUT2D eigenvalue weighted by Gasteiger charge is 2.29. The van der Waals surface area contributed by atoms with Crippen molar-refractivity contribution < 1.29 is 17.2 Å². The second kappa shape index (κ2) is 4.14. The van der Waals surface area contributed by atoms with E-state index in [4.69, 9.17) is 5.73 Å². The molecule has 1 rings (SSSR count). The molecule has 0 saturated carbocycles. The van der Waals surface area contributed by atoms with Crippen LogP contribution in [0.1, 0.15) is 20.8 Å². The number of sulfonamides is 1. The number of hydrogen-bond acceptors (Lipinski definition) is 3. The van der Waals surface area contributed by atoms with Gasteiger partial charge in [-0.2, -0.15) is 0 Å². The monoisotopic (exact) mass is 264 g/mol. The van der Waals surface area contributed by atoms with Crippen molar-refractivity contribution in [2.24, 2.45) is 0 Å². The highest BCUT2D eigenvalue weighted by atomic mass is 32.2. The van der Waals surface area contributed by atoms with E-state index in [1.54, 1.807) is 0 Å². The second-order valence-electron chi connectivity index (χ2n) is 4.57. The summed E-state index contributed by atoms with van der Waals surface area (Å²) < 4.78 is 50.7. The van der Waals surface area contributed by atoms with Gasteiger partial charge in [0.1, 0.15) is 11.6 Å². The van der Waals surface area contributed by atoms with Crippen LogP contribution in [-0.2, 0) is 10.0 Å². The molecule has 0 fully saturated rings. The summed E-state index contributed by atoms with van der Waals surface area (Å²) >= 11 is 0. The van der Waals surface area contributed by atoms with Crippen molar-refractivity contribution >= 4 is 21.4 Å². The van der Waals surface area contributed by atoms with Gasteiger partial charge in [-0.25, -0.2) is 17.2 Å². The van der Waals surface area contributed by atoms with E-state index in [9.17, 15) is 17.2 Å². The van der Waals surface area contributed by atoms with E-state index < -0.39 is 26.4 Å². The molecule has 0 aliphatic heterocycles. The van der Waals surface area contributed by atoms with Gasteiger partial charge in [0.15, 0.2) is 0 Å². The first kappa shape index (κ1) is 13.7. The minimum absolute atomic E-state index is 0.321. The minimum atomic E-state index is -3.77. The van der Waals surface area contributed by atoms with E-state index >= 15 is 0 Å². The van der Waals surface area contributed by atoms with Gasteiger partial charge in [-0.15, -0.1) is 0 Å². The maximum Gasteiger partial charge on any atom is 0.237 e. The molecule has 0 aromatic heterocycles. The molecule has 0 aliphatic rings. The van der Waals surface area contributed by atoms with Crippen molar-refractivity contribution in [3.63, 3.8) is 0 Å². The van der Waals surface area contributed by atoms with Crippen LogP contribution in [-0.4, -0.2) is 13.2 Å². The summed E-state index contributed by atoms with van der Waals surface area (Å²) in [5.41, 5.74) is 4.56. The molecule has 0 radical (unpaired) electrons. The van der Waals surface area contributed by atoms with Crippen LogP contribution in [0.5, 0.6) is 0 Å². The fraction of sp³-hybridized carbons (Fsp3) is 0.400. The first-order valence-corrected chi connectivity index (χ1v) is 6.30. The summed E-state index contributed by atoms with van der Waals surface area (Å²) in [6, 6.07) is 1.45. The largest absolute Gasteiger partial charge is 0.396 e. The molecule has 0 atom stereocenters. The van der Waals surface area contributed by atoms with Crippen LogP contribution in [0.15, 0.2) is 12.1 Å². The molecule has 0 unspecified atom stereocenters. The van der Waals surface area contributed by atoms with Gasteiger partial charge in [0.05, 0.1) is 16.1 Å². The fourth-order valence-corrected chi connectivity index (χ4v) is 1.69. The number of hydrogen-bond donors (Lipinski definition) is 2. The van der Waals surface area contributed by atoms with Gasteiger partial charge in [-0.3, -0.25) is 4.72 Å². The third-order valence-corrected chi connectivity index (χ3v) is 4.24. The molecule has 0 bridgehead atoms. The highest BCUT2D eigenvalue weighted by molar-refractivity contribution is 7.94. The Hall–Kier alpha value is -1.37. The minimum Gasteiger partial charge on any atom is -0.396 e. The van der Waals surface area contributed by atoms with Crippen molar-refractivity contribution in [1.82, 2.24) is 0 Å². The Balaban J connectivity index is 3.18. The van der Waals surface area contributed by atoms with Crippen molar-refractivity contribution in [1.29, 1.82) is 0 Å². The van der Waals surface area contributed by atoms with Gasteiger partial charge < -0.3 is 5.73 Å². The highest BCUT2D eigenvalue weighted by Crippen LogP contribution is 2.25. The Bertz CT molecular complexity index is 536. The van der Waals surface area contributed by atoms with E-state index in [-0.39, 0.29) is 11.4 Å². The zero-order chi connectivity index (χ0) is 13.4. The van der Waals surface area contributed by atoms with E-state index in [0.717, 1.165) is 6.07 Å². The van der Waals surface area contributed by atoms with Gasteiger partial charge in [0.2, 0.25) is 10.0 Å². The lowest BCUT2D eigenvalue weighted by Crippen LogP contribution is -2.34. The maximum atomic E-state index is 13.3. The lowest BCUT2D eigenvalue weighted by atomic mass is 10.2. The lowest BCUT2D eigenvalue weighted by molar-refractivity contribution is 0.563. The molecule has 1 aromatic rings. The number of halogens is 2. The van der Waals surface area contributed by atoms with Gasteiger partial charge in [-0.1, -0.05) is 0 Å². The van der Waals surface area contributed by atoms with E-state index in [2.05, 4.69) is 0 Å². The number of benzene rings is 1. The summed E-state index contributed by atoms with van der Waals surface area (Å²) in [5.74, 6) is -1.94. The Kier molecular flexibility index (Phi) is 3.33. The molecule has 0 aliphatic carbocycles. The van der Waals surface area contributed by atoms with Gasteiger partial charge in [0.25, 0.3) is 0 Å². The van der Waals surface area contributed by atoms with Crippen LogP contribution < -0.4 is 10.5 Å². The molecular formula is C10H14F2N2O2S. The zero-order valence-corrected chi connectivity index (χ0v) is 10.5. The molecule has 0 saturated heterocycles. The summed E-state index contributed by atoms with van der Waals surface area (Å²) in [6.45, 7) is 4.38. The topological polar surface area (TPSA) is 72.2 Å². The van der Waals surface area contributed by atoms with Crippen molar-refractivity contribution in [2.45, 2.75) is 25.5 Å². The van der Waals surface area contributed by atoms with Crippen molar-refractivity contribution in [3.05, 3.63) is 23.8 Å². The molecule has 0 heterocycles. The lowest BCUT2D eigenvalue weighted by Gasteiger charge is -2.20. The quantitative estimate of drug-likeness (QED) is 0.803. The first-order chi connectivity index (χ1) is 7.54. The smallest absolute Gasteiger partial charge is 0.237 e. The van der Waals surface area contributed by atoms with Crippen molar-refractivity contribution in [2.75, 3.05) is 10.5 Å². The van der Waals surface area contributed by atoms with Gasteiger partial charge in [0, 0.05) is 6.07 Å². The van der Waals surface area contributed by atoms with E-state index in [1.165, 1.54) is 20.8 Å². The molecule has 7 heteroatoms. The van der Waals surface area contributed by atoms with E-state index in [0.29, 0.717) is 6.07 Å². The normalized spacial score (nSPS) is 12.5. The molecule has 0 spiro atoms. The van der Waals surface area contributed by atoms with Crippen LogP contribution in [0.4, 0.5) is 20.2 Å². The standard InChI is InChI=1S/C10H14F2N2O2S/c1-10(2,3)17(15,16)14-9-5-8(13)6(11)4-7(9)12/h4-5,14H,13H2,1-3H3. The zero-order valence-electron chi connectivity index (χ0n) is 9.71. The number of anilines is 2. The summed E-state index contributed by atoms with van der Waals surface area (Å²) in [4.78, 5) is 0. The molecule has 96 valence electrons. The molecule has 17 heavy (non-hydrogen) atoms. The molecule has 4 nitrogen and oxygen atoms in total. The SMILES string of the molecule is CC(C)(C)S(=O)(=O)Nc1cc(N)c(F)cc1F. The summed E-state index contributed by atoms with van der Waals surface area (Å²) in [6.07, 6.45) is 0. The third kappa shape index (κ3) is 2.85. The maximum absolute atomic E-state index is 13.3. The average molecular weight is 264 g/mol. The second-order valence-corrected chi connectivity index (χ2v) is 7.01. The Labute approximate surface area is 98.9 Å². The average Bonchev–Trinajstić information content (AvgIpc) is 2.12. The molecule has 3 N–H and O–H groups in total. The predicted molar refractivity (Wildman–Crippen MR) is 63.1 cm³/mol. The molecule has 1 aromatic carbocycles. The van der Waals surface area contributed by atoms with E-state index in [1.807, 2.05) is 4.72 Å². The van der Waals surface area contributed by atoms with Crippen molar-refractivity contribution in [3.8, 4) is 0 Å². The van der Waals surface area contributed by atoms with Crippen LogP contribution in [0.2, 0.25) is 0 Å². The number of nitrogens with two attached hydrogens (primary N) is 1. The van der Waals surface area contributed by atoms with Crippen LogP contribution in [0.3, 0.4) is 0 Å². The van der Waals surface area contributed by atoms with Crippen LogP contribution >= 0.6 is 0 Å². The summed E-state index contributed by atoms with van der Waals surface area (Å²) in [7, 11) is -3.77. The Morgan fingerprint density at radius 2 is 1.71 bits per heavy atom. The summed E-state index contributed by atoms with van der Waals surface area (Å²) in [5, 5.41) is 0. The van der Waals surface area contributed by atoms with Crippen LogP contribution in [0, 0.1) is 11.6 Å². The Morgan fingerprint density at radius 3 is 2.18 bits per heavy atom. The molecule has 0 amide bonds. The van der Waals surface area contributed by atoms with Gasteiger partial charge in [-0.05, 0) is 26.8 Å². The fourth-order valence-electron chi connectivity index (χ4n) is 0.942. The number of nitrogen functional groups attached to an aromatic ring is 1.